The van der Waals surface area contributed by atoms with Gasteiger partial charge in [0.1, 0.15) is 0 Å². The van der Waals surface area contributed by atoms with Crippen molar-refractivity contribution in [2.24, 2.45) is 17.8 Å². The van der Waals surface area contributed by atoms with Gasteiger partial charge in [-0.2, -0.15) is 0 Å². The Balaban J connectivity index is 1.25. The van der Waals surface area contributed by atoms with E-state index in [1.807, 2.05) is 42.5 Å². The van der Waals surface area contributed by atoms with Gasteiger partial charge in [-0.3, -0.25) is 9.59 Å². The van der Waals surface area contributed by atoms with Crippen LogP contribution in [0.25, 0.3) is 6.08 Å². The van der Waals surface area contributed by atoms with Crippen LogP contribution in [0.4, 0.5) is 17.1 Å². The minimum atomic E-state index is -0.157. The third-order valence-electron chi connectivity index (χ3n) is 7.28. The van der Waals surface area contributed by atoms with E-state index >= 15 is 0 Å². The first-order valence-electron chi connectivity index (χ1n) is 11.7. The van der Waals surface area contributed by atoms with Crippen molar-refractivity contribution in [2.75, 3.05) is 16.0 Å². The molecule has 32 heavy (non-hydrogen) atoms. The molecule has 0 spiro atoms. The van der Waals surface area contributed by atoms with Gasteiger partial charge in [0.15, 0.2) is 0 Å². The van der Waals surface area contributed by atoms with Crippen molar-refractivity contribution in [3.8, 4) is 0 Å². The van der Waals surface area contributed by atoms with Crippen LogP contribution in [0.5, 0.6) is 0 Å². The van der Waals surface area contributed by atoms with Gasteiger partial charge in [0.05, 0.1) is 11.4 Å². The zero-order valence-electron chi connectivity index (χ0n) is 18.6. The Bertz CT molecular complexity index is 1010. The summed E-state index contributed by atoms with van der Waals surface area (Å²) in [7, 11) is 0. The van der Waals surface area contributed by atoms with Crippen LogP contribution < -0.4 is 16.0 Å². The standard InChI is InChI=1S/C27H31N3O2/c1-18(31)28-23-9-6-19(7-10-23)8-11-26(32)29-24-4-2-3-5-25(24)30-27-15-20-12-21(16-27)14-22(13-20)17-27/h2-11,20-22,30H,12-17H2,1H3,(H,28,31)(H,29,32)/b11-8+. The molecule has 4 bridgehead atoms. The Morgan fingerprint density at radius 3 is 2.03 bits per heavy atom. The van der Waals surface area contributed by atoms with E-state index in [1.165, 1.54) is 45.4 Å². The molecule has 3 N–H and O–H groups in total. The number of carbonyl (C=O) groups excluding carboxylic acids is 2. The summed E-state index contributed by atoms with van der Waals surface area (Å²) in [6.45, 7) is 1.48. The average Bonchev–Trinajstić information content (AvgIpc) is 2.73. The Labute approximate surface area is 189 Å². The number of hydrogen-bond donors (Lipinski definition) is 3. The molecule has 5 nitrogen and oxygen atoms in total. The Kier molecular flexibility index (Phi) is 5.50. The summed E-state index contributed by atoms with van der Waals surface area (Å²) >= 11 is 0. The van der Waals surface area contributed by atoms with Gasteiger partial charge < -0.3 is 16.0 Å². The van der Waals surface area contributed by atoms with Crippen molar-refractivity contribution < 1.29 is 9.59 Å². The topological polar surface area (TPSA) is 70.2 Å². The summed E-state index contributed by atoms with van der Waals surface area (Å²) in [5, 5.41) is 9.68. The van der Waals surface area contributed by atoms with Crippen LogP contribution in [0.3, 0.4) is 0 Å². The second kappa shape index (κ2) is 8.45. The minimum Gasteiger partial charge on any atom is -0.378 e. The summed E-state index contributed by atoms with van der Waals surface area (Å²) in [5.41, 5.74) is 3.69. The highest BCUT2D eigenvalue weighted by Crippen LogP contribution is 2.56. The number of anilines is 3. The second-order valence-corrected chi connectivity index (χ2v) is 9.99. The molecule has 0 unspecified atom stereocenters. The van der Waals surface area contributed by atoms with Gasteiger partial charge in [-0.05, 0) is 92.2 Å². The van der Waals surface area contributed by atoms with Crippen molar-refractivity contribution in [2.45, 2.75) is 51.0 Å². The normalized spacial score (nSPS) is 28.0. The molecule has 0 radical (unpaired) electrons. The molecule has 2 aromatic carbocycles. The summed E-state index contributed by atoms with van der Waals surface area (Å²) in [6.07, 6.45) is 11.3. The fraction of sp³-hybridized carbons (Fsp3) is 0.407. The predicted octanol–water partition coefficient (Wildman–Crippen LogP) is 5.68. The van der Waals surface area contributed by atoms with E-state index in [1.54, 1.807) is 12.2 Å². The Morgan fingerprint density at radius 2 is 1.44 bits per heavy atom. The zero-order chi connectivity index (χ0) is 22.1. The van der Waals surface area contributed by atoms with Gasteiger partial charge in [-0.1, -0.05) is 24.3 Å². The van der Waals surface area contributed by atoms with Crippen molar-refractivity contribution in [3.05, 3.63) is 60.2 Å². The Hall–Kier alpha value is -3.08. The van der Waals surface area contributed by atoms with Crippen LogP contribution >= 0.6 is 0 Å². The summed E-state index contributed by atoms with van der Waals surface area (Å²) in [4.78, 5) is 23.8. The Morgan fingerprint density at radius 1 is 0.844 bits per heavy atom. The van der Waals surface area contributed by atoms with Gasteiger partial charge >= 0.3 is 0 Å². The molecule has 0 aromatic heterocycles. The smallest absolute Gasteiger partial charge is 0.248 e. The maximum Gasteiger partial charge on any atom is 0.248 e. The van der Waals surface area contributed by atoms with Gasteiger partial charge in [-0.15, -0.1) is 0 Å². The highest BCUT2D eigenvalue weighted by Gasteiger charge is 2.51. The largest absolute Gasteiger partial charge is 0.378 e. The number of benzene rings is 2. The van der Waals surface area contributed by atoms with Gasteiger partial charge in [0.2, 0.25) is 11.8 Å². The molecule has 0 heterocycles. The maximum absolute atomic E-state index is 12.6. The van der Waals surface area contributed by atoms with E-state index in [9.17, 15) is 9.59 Å². The monoisotopic (exact) mass is 429 g/mol. The van der Waals surface area contributed by atoms with Crippen molar-refractivity contribution in [3.63, 3.8) is 0 Å². The van der Waals surface area contributed by atoms with E-state index in [4.69, 9.17) is 0 Å². The molecule has 4 saturated carbocycles. The van der Waals surface area contributed by atoms with E-state index in [-0.39, 0.29) is 17.4 Å². The van der Waals surface area contributed by atoms with Gasteiger partial charge in [-0.25, -0.2) is 0 Å². The second-order valence-electron chi connectivity index (χ2n) is 9.99. The lowest BCUT2D eigenvalue weighted by Gasteiger charge is -2.57. The van der Waals surface area contributed by atoms with Crippen LogP contribution in [0.1, 0.15) is 51.0 Å². The first-order chi connectivity index (χ1) is 15.5. The predicted molar refractivity (Wildman–Crippen MR) is 129 cm³/mol. The number of carbonyl (C=O) groups is 2. The van der Waals surface area contributed by atoms with Crippen LogP contribution in [0.15, 0.2) is 54.6 Å². The number of rotatable bonds is 6. The molecule has 4 aliphatic carbocycles. The fourth-order valence-electron chi connectivity index (χ4n) is 6.48. The number of hydrogen-bond acceptors (Lipinski definition) is 3. The van der Waals surface area contributed by atoms with E-state index in [0.29, 0.717) is 0 Å². The number of amides is 2. The van der Waals surface area contributed by atoms with Crippen LogP contribution in [-0.2, 0) is 9.59 Å². The minimum absolute atomic E-state index is 0.103. The van der Waals surface area contributed by atoms with Crippen LogP contribution in [0.2, 0.25) is 0 Å². The molecular weight excluding hydrogens is 398 g/mol. The van der Waals surface area contributed by atoms with E-state index in [2.05, 4.69) is 22.0 Å². The lowest BCUT2D eigenvalue weighted by molar-refractivity contribution is -0.114. The fourth-order valence-corrected chi connectivity index (χ4v) is 6.48. The SMILES string of the molecule is CC(=O)Nc1ccc(/C=C/C(=O)Nc2ccccc2NC23CC4CC(CC(C4)C2)C3)cc1. The van der Waals surface area contributed by atoms with Gasteiger partial charge in [0.25, 0.3) is 0 Å². The summed E-state index contributed by atoms with van der Waals surface area (Å²) in [5.74, 6) is 2.35. The first-order valence-corrected chi connectivity index (χ1v) is 11.7. The molecule has 166 valence electrons. The third-order valence-corrected chi connectivity index (χ3v) is 7.28. The highest BCUT2D eigenvalue weighted by atomic mass is 16.2. The van der Waals surface area contributed by atoms with Crippen molar-refractivity contribution in [1.29, 1.82) is 0 Å². The van der Waals surface area contributed by atoms with Crippen LogP contribution in [-0.4, -0.2) is 17.4 Å². The summed E-state index contributed by atoms with van der Waals surface area (Å²) < 4.78 is 0. The quantitative estimate of drug-likeness (QED) is 0.518. The zero-order valence-corrected chi connectivity index (χ0v) is 18.6. The number of nitrogens with one attached hydrogen (secondary N) is 3. The van der Waals surface area contributed by atoms with Gasteiger partial charge in [0, 0.05) is 24.2 Å². The van der Waals surface area contributed by atoms with E-state index in [0.717, 1.165) is 40.4 Å². The van der Waals surface area contributed by atoms with Crippen LogP contribution in [0, 0.1) is 17.8 Å². The molecule has 5 heteroatoms. The maximum atomic E-state index is 12.6. The lowest BCUT2D eigenvalue weighted by atomic mass is 9.53. The molecule has 6 rings (SSSR count). The molecule has 0 saturated heterocycles. The molecule has 2 aromatic rings. The molecule has 0 aliphatic heterocycles. The number of para-hydroxylation sites is 2. The highest BCUT2D eigenvalue weighted by molar-refractivity contribution is 6.03. The van der Waals surface area contributed by atoms with Crippen molar-refractivity contribution in [1.82, 2.24) is 0 Å². The van der Waals surface area contributed by atoms with E-state index < -0.39 is 0 Å². The molecule has 0 atom stereocenters. The lowest BCUT2D eigenvalue weighted by Crippen LogP contribution is -2.54. The third kappa shape index (κ3) is 4.57. The summed E-state index contributed by atoms with van der Waals surface area (Å²) in [6, 6.07) is 15.4. The average molecular weight is 430 g/mol. The molecular formula is C27H31N3O2. The first kappa shape index (κ1) is 20.8. The molecule has 2 amide bonds. The molecule has 4 fully saturated rings. The van der Waals surface area contributed by atoms with Crippen molar-refractivity contribution >= 4 is 35.0 Å². The molecule has 4 aliphatic rings.